The van der Waals surface area contributed by atoms with Gasteiger partial charge in [0.2, 0.25) is 0 Å². The number of quaternary nitrogens is 1. The van der Waals surface area contributed by atoms with Crippen LogP contribution in [0.1, 0.15) is 43.7 Å². The number of benzene rings is 1. The standard InChI is InChI=1S/C17H21NO/c1-13(2)12-16(15-8-5-4-6-9-15)18-14(3)17-10-7-11-19-17/h4-11,14,16,18H,1,12H2,2-3H3/p+1/t14-,16+/m0/s1. The van der Waals surface area contributed by atoms with Crippen molar-refractivity contribution in [3.8, 4) is 0 Å². The Kier molecular flexibility index (Phi) is 4.58. The third kappa shape index (κ3) is 3.83. The molecule has 0 radical (unpaired) electrons. The van der Waals surface area contributed by atoms with Crippen LogP contribution >= 0.6 is 0 Å². The molecule has 19 heavy (non-hydrogen) atoms. The predicted octanol–water partition coefficient (Wildman–Crippen LogP) is 3.61. The minimum Gasteiger partial charge on any atom is -0.463 e. The molecule has 0 saturated heterocycles. The quantitative estimate of drug-likeness (QED) is 0.786. The molecule has 0 aliphatic rings. The maximum absolute atomic E-state index is 5.48. The molecule has 0 spiro atoms. The lowest BCUT2D eigenvalue weighted by molar-refractivity contribution is -0.732. The molecule has 0 fully saturated rings. The van der Waals surface area contributed by atoms with Crippen LogP contribution in [0.5, 0.6) is 0 Å². The van der Waals surface area contributed by atoms with Gasteiger partial charge in [0.05, 0.1) is 6.26 Å². The minimum absolute atomic E-state index is 0.305. The van der Waals surface area contributed by atoms with Gasteiger partial charge in [0.15, 0.2) is 5.76 Å². The van der Waals surface area contributed by atoms with Gasteiger partial charge >= 0.3 is 0 Å². The van der Waals surface area contributed by atoms with Crippen molar-refractivity contribution in [3.05, 3.63) is 72.2 Å². The van der Waals surface area contributed by atoms with E-state index in [-0.39, 0.29) is 0 Å². The van der Waals surface area contributed by atoms with E-state index in [0.29, 0.717) is 12.1 Å². The lowest BCUT2D eigenvalue weighted by atomic mass is 9.99. The molecule has 1 aromatic heterocycles. The summed E-state index contributed by atoms with van der Waals surface area (Å²) in [5, 5.41) is 2.35. The second-order valence-electron chi connectivity index (χ2n) is 5.17. The fraction of sp³-hybridized carbons (Fsp3) is 0.294. The van der Waals surface area contributed by atoms with Crippen molar-refractivity contribution in [2.75, 3.05) is 0 Å². The van der Waals surface area contributed by atoms with E-state index in [4.69, 9.17) is 4.42 Å². The first-order chi connectivity index (χ1) is 9.16. The summed E-state index contributed by atoms with van der Waals surface area (Å²) < 4.78 is 5.48. The maximum atomic E-state index is 5.48. The van der Waals surface area contributed by atoms with Crippen LogP contribution in [0.4, 0.5) is 0 Å². The largest absolute Gasteiger partial charge is 0.463 e. The summed E-state index contributed by atoms with van der Waals surface area (Å²) in [6.45, 7) is 8.31. The highest BCUT2D eigenvalue weighted by Crippen LogP contribution is 2.18. The van der Waals surface area contributed by atoms with Crippen LogP contribution in [0.3, 0.4) is 0 Å². The predicted molar refractivity (Wildman–Crippen MR) is 77.7 cm³/mol. The number of hydrogen-bond acceptors (Lipinski definition) is 1. The summed E-state index contributed by atoms with van der Waals surface area (Å²) in [5.41, 5.74) is 2.54. The lowest BCUT2D eigenvalue weighted by Crippen LogP contribution is -2.85. The van der Waals surface area contributed by atoms with Crippen LogP contribution in [0.15, 0.2) is 65.3 Å². The van der Waals surface area contributed by atoms with E-state index in [1.807, 2.05) is 12.1 Å². The molecule has 2 rings (SSSR count). The molecule has 0 aliphatic carbocycles. The van der Waals surface area contributed by atoms with Gasteiger partial charge in [-0.15, -0.1) is 0 Å². The molecule has 0 aliphatic heterocycles. The maximum Gasteiger partial charge on any atom is 0.160 e. The van der Waals surface area contributed by atoms with Crippen LogP contribution in [0.2, 0.25) is 0 Å². The fourth-order valence-corrected chi connectivity index (χ4v) is 2.37. The van der Waals surface area contributed by atoms with Crippen LogP contribution < -0.4 is 5.32 Å². The molecule has 1 heterocycles. The molecule has 1 aromatic carbocycles. The number of rotatable bonds is 6. The monoisotopic (exact) mass is 256 g/mol. The zero-order valence-corrected chi connectivity index (χ0v) is 11.7. The van der Waals surface area contributed by atoms with Crippen LogP contribution in [-0.4, -0.2) is 0 Å². The highest BCUT2D eigenvalue weighted by molar-refractivity contribution is 5.18. The summed E-state index contributed by atoms with van der Waals surface area (Å²) in [7, 11) is 0. The van der Waals surface area contributed by atoms with Gasteiger partial charge < -0.3 is 9.73 Å². The van der Waals surface area contributed by atoms with E-state index in [1.54, 1.807) is 6.26 Å². The van der Waals surface area contributed by atoms with Gasteiger partial charge in [-0.05, 0) is 26.0 Å². The first-order valence-corrected chi connectivity index (χ1v) is 6.74. The summed E-state index contributed by atoms with van der Waals surface area (Å²) in [6.07, 6.45) is 2.71. The third-order valence-electron chi connectivity index (χ3n) is 3.31. The van der Waals surface area contributed by atoms with Crippen molar-refractivity contribution in [2.45, 2.75) is 32.4 Å². The number of hydrogen-bond donors (Lipinski definition) is 1. The second kappa shape index (κ2) is 6.39. The van der Waals surface area contributed by atoms with E-state index in [9.17, 15) is 0 Å². The van der Waals surface area contributed by atoms with Gasteiger partial charge in [-0.1, -0.05) is 42.5 Å². The Bertz CT molecular complexity index is 501. The molecule has 2 nitrogen and oxygen atoms in total. The van der Waals surface area contributed by atoms with Gasteiger partial charge in [-0.2, -0.15) is 0 Å². The van der Waals surface area contributed by atoms with Crippen LogP contribution in [-0.2, 0) is 0 Å². The molecule has 2 atom stereocenters. The van der Waals surface area contributed by atoms with Gasteiger partial charge in [-0.3, -0.25) is 0 Å². The zero-order chi connectivity index (χ0) is 13.7. The Labute approximate surface area is 115 Å². The summed E-state index contributed by atoms with van der Waals surface area (Å²) >= 11 is 0. The van der Waals surface area contributed by atoms with E-state index >= 15 is 0 Å². The molecular formula is C17H22NO+. The van der Waals surface area contributed by atoms with Gasteiger partial charge in [0.1, 0.15) is 12.1 Å². The zero-order valence-electron chi connectivity index (χ0n) is 11.7. The van der Waals surface area contributed by atoms with E-state index in [2.05, 4.69) is 56.1 Å². The summed E-state index contributed by atoms with van der Waals surface area (Å²) in [5.74, 6) is 1.02. The van der Waals surface area contributed by atoms with Crippen LogP contribution in [0, 0.1) is 0 Å². The molecule has 0 unspecified atom stereocenters. The molecule has 2 heteroatoms. The Morgan fingerprint density at radius 2 is 1.95 bits per heavy atom. The van der Waals surface area contributed by atoms with E-state index in [1.165, 1.54) is 11.1 Å². The Hall–Kier alpha value is -1.80. The van der Waals surface area contributed by atoms with Gasteiger partial charge in [0, 0.05) is 12.0 Å². The second-order valence-corrected chi connectivity index (χ2v) is 5.17. The summed E-state index contributed by atoms with van der Waals surface area (Å²) in [4.78, 5) is 0. The minimum atomic E-state index is 0.305. The topological polar surface area (TPSA) is 29.8 Å². The molecule has 0 bridgehead atoms. The Balaban J connectivity index is 2.12. The third-order valence-corrected chi connectivity index (χ3v) is 3.31. The first kappa shape index (κ1) is 13.6. The lowest BCUT2D eigenvalue weighted by Gasteiger charge is -2.19. The van der Waals surface area contributed by atoms with Gasteiger partial charge in [-0.25, -0.2) is 0 Å². The highest BCUT2D eigenvalue weighted by atomic mass is 16.3. The van der Waals surface area contributed by atoms with E-state index < -0.39 is 0 Å². The average Bonchev–Trinajstić information content (AvgIpc) is 2.92. The molecule has 100 valence electrons. The number of furan rings is 1. The smallest absolute Gasteiger partial charge is 0.160 e. The van der Waals surface area contributed by atoms with Gasteiger partial charge in [0.25, 0.3) is 0 Å². The van der Waals surface area contributed by atoms with Crippen molar-refractivity contribution in [3.63, 3.8) is 0 Å². The SMILES string of the molecule is C=C(C)C[C@@H]([NH2+][C@@H](C)c1ccco1)c1ccccc1. The van der Waals surface area contributed by atoms with Crippen molar-refractivity contribution in [2.24, 2.45) is 0 Å². The Morgan fingerprint density at radius 1 is 1.21 bits per heavy atom. The molecule has 0 amide bonds. The highest BCUT2D eigenvalue weighted by Gasteiger charge is 2.20. The van der Waals surface area contributed by atoms with Crippen molar-refractivity contribution in [1.82, 2.24) is 0 Å². The Morgan fingerprint density at radius 3 is 2.53 bits per heavy atom. The molecule has 2 aromatic rings. The fourth-order valence-electron chi connectivity index (χ4n) is 2.37. The van der Waals surface area contributed by atoms with Crippen molar-refractivity contribution >= 4 is 0 Å². The molecule has 0 saturated carbocycles. The summed E-state index contributed by atoms with van der Waals surface area (Å²) in [6, 6.07) is 15.3. The van der Waals surface area contributed by atoms with Crippen molar-refractivity contribution < 1.29 is 9.73 Å². The molecular weight excluding hydrogens is 234 g/mol. The van der Waals surface area contributed by atoms with E-state index in [0.717, 1.165) is 12.2 Å². The van der Waals surface area contributed by atoms with Crippen LogP contribution in [0.25, 0.3) is 0 Å². The normalized spacial score (nSPS) is 14.0. The average molecular weight is 256 g/mol. The number of nitrogens with two attached hydrogens (primary N) is 1. The van der Waals surface area contributed by atoms with Crippen molar-refractivity contribution in [1.29, 1.82) is 0 Å². The molecule has 2 N–H and O–H groups in total. The first-order valence-electron chi connectivity index (χ1n) is 6.74.